The first-order valence-electron chi connectivity index (χ1n) is 13.3. The van der Waals surface area contributed by atoms with Crippen molar-refractivity contribution < 1.29 is 34.4 Å². The molecule has 38 heavy (non-hydrogen) atoms. The molecular weight excluding hydrogens is 488 g/mol. The highest BCUT2D eigenvalue weighted by Gasteiger charge is 2.40. The highest BCUT2D eigenvalue weighted by molar-refractivity contribution is 5.95. The molecule has 5 atom stereocenters. The van der Waals surface area contributed by atoms with Crippen LogP contribution in [0, 0.1) is 11.8 Å². The van der Waals surface area contributed by atoms with E-state index in [1.165, 1.54) is 17.0 Å². The third-order valence-electron chi connectivity index (χ3n) is 7.18. The minimum atomic E-state index is -1.11. The summed E-state index contributed by atoms with van der Waals surface area (Å²) in [5.74, 6) is -0.391. The number of fused-ring (bicyclic) bond motifs is 1. The van der Waals surface area contributed by atoms with Crippen molar-refractivity contribution >= 4 is 12.0 Å². The zero-order chi connectivity index (χ0) is 27.2. The Kier molecular flexibility index (Phi) is 9.12. The van der Waals surface area contributed by atoms with Crippen molar-refractivity contribution in [3.63, 3.8) is 0 Å². The predicted octanol–water partition coefficient (Wildman–Crippen LogP) is 3.46. The molecule has 2 amide bonds. The number of carbonyl (C=O) groups excluding carboxylic acids is 2. The second-order valence-electron chi connectivity index (χ2n) is 10.8. The van der Waals surface area contributed by atoms with Crippen molar-refractivity contribution in [2.24, 2.45) is 11.8 Å². The number of alkyl carbamates (subject to hydrolysis) is 1. The van der Waals surface area contributed by atoms with Crippen LogP contribution in [-0.2, 0) is 15.9 Å². The Hall–Kier alpha value is -3.30. The summed E-state index contributed by atoms with van der Waals surface area (Å²) in [6.07, 6.45) is 0.986. The van der Waals surface area contributed by atoms with Gasteiger partial charge in [-0.15, -0.1) is 0 Å². The van der Waals surface area contributed by atoms with Crippen molar-refractivity contribution in [1.82, 2.24) is 10.2 Å². The van der Waals surface area contributed by atoms with Crippen molar-refractivity contribution in [2.75, 3.05) is 19.7 Å². The third kappa shape index (κ3) is 7.39. The normalized spacial score (nSPS) is 22.1. The quantitative estimate of drug-likeness (QED) is 0.373. The summed E-state index contributed by atoms with van der Waals surface area (Å²) in [6, 6.07) is 12.5. The molecule has 1 saturated heterocycles. The van der Waals surface area contributed by atoms with Crippen molar-refractivity contribution in [3.05, 3.63) is 59.7 Å². The van der Waals surface area contributed by atoms with Crippen LogP contribution in [0.3, 0.4) is 0 Å². The van der Waals surface area contributed by atoms with Gasteiger partial charge in [-0.25, -0.2) is 4.79 Å². The number of carbonyl (C=O) groups is 2. The Morgan fingerprint density at radius 3 is 2.45 bits per heavy atom. The van der Waals surface area contributed by atoms with Gasteiger partial charge in [0, 0.05) is 37.7 Å². The fraction of sp³-hybridized carbons (Fsp3) is 0.517. The Morgan fingerprint density at radius 2 is 1.79 bits per heavy atom. The fourth-order valence-electron chi connectivity index (χ4n) is 5.44. The molecule has 1 saturated carbocycles. The molecule has 9 nitrogen and oxygen atoms in total. The molecule has 1 aliphatic carbocycles. The van der Waals surface area contributed by atoms with Gasteiger partial charge < -0.3 is 35.0 Å². The number of aliphatic hydroxyl groups is 1. The van der Waals surface area contributed by atoms with Crippen LogP contribution in [0.15, 0.2) is 48.5 Å². The number of aliphatic hydroxyl groups excluding tert-OH is 1. The van der Waals surface area contributed by atoms with Crippen LogP contribution in [0.5, 0.6) is 11.5 Å². The van der Waals surface area contributed by atoms with E-state index in [9.17, 15) is 24.9 Å². The minimum Gasteiger partial charge on any atom is -0.508 e. The van der Waals surface area contributed by atoms with Crippen LogP contribution in [0.25, 0.3) is 0 Å². The Bertz CT molecular complexity index is 1060. The number of hydrogen-bond donors (Lipinski definition) is 4. The molecule has 0 aromatic heterocycles. The average molecular weight is 527 g/mol. The van der Waals surface area contributed by atoms with Crippen LogP contribution in [0.4, 0.5) is 4.79 Å². The van der Waals surface area contributed by atoms with Crippen molar-refractivity contribution in [2.45, 2.75) is 63.9 Å². The van der Waals surface area contributed by atoms with Gasteiger partial charge in [0.15, 0.2) is 0 Å². The zero-order valence-electron chi connectivity index (χ0n) is 22.0. The van der Waals surface area contributed by atoms with Gasteiger partial charge >= 0.3 is 6.09 Å². The minimum absolute atomic E-state index is 0.0629. The van der Waals surface area contributed by atoms with Crippen LogP contribution in [-0.4, -0.2) is 76.3 Å². The van der Waals surface area contributed by atoms with Gasteiger partial charge in [-0.05, 0) is 48.8 Å². The molecule has 1 heterocycles. The Labute approximate surface area is 223 Å². The molecule has 1 aliphatic heterocycles. The van der Waals surface area contributed by atoms with E-state index in [4.69, 9.17) is 9.47 Å². The van der Waals surface area contributed by atoms with Crippen LogP contribution in [0.2, 0.25) is 0 Å². The van der Waals surface area contributed by atoms with E-state index < -0.39 is 24.1 Å². The summed E-state index contributed by atoms with van der Waals surface area (Å²) in [5.41, 5.74) is 1.02. The number of ether oxygens (including phenoxy) is 2. The lowest BCUT2D eigenvalue weighted by atomic mass is 10.00. The number of benzene rings is 2. The fourth-order valence-corrected chi connectivity index (χ4v) is 5.44. The second kappa shape index (κ2) is 12.5. The predicted molar refractivity (Wildman–Crippen MR) is 141 cm³/mol. The van der Waals surface area contributed by atoms with E-state index in [0.29, 0.717) is 25.3 Å². The summed E-state index contributed by atoms with van der Waals surface area (Å²) < 4.78 is 11.4. The maximum atomic E-state index is 13.3. The number of phenols is 2. The summed E-state index contributed by atoms with van der Waals surface area (Å²) >= 11 is 0. The summed E-state index contributed by atoms with van der Waals surface area (Å²) in [7, 11) is 0. The van der Waals surface area contributed by atoms with Gasteiger partial charge in [-0.2, -0.15) is 0 Å². The van der Waals surface area contributed by atoms with E-state index in [2.05, 4.69) is 5.32 Å². The highest BCUT2D eigenvalue weighted by Crippen LogP contribution is 2.37. The number of nitrogens with zero attached hydrogens (tertiary/aromatic N) is 1. The van der Waals surface area contributed by atoms with Gasteiger partial charge in [-0.3, -0.25) is 4.79 Å². The molecule has 0 radical (unpaired) electrons. The largest absolute Gasteiger partial charge is 0.508 e. The summed E-state index contributed by atoms with van der Waals surface area (Å²) in [6.45, 7) is 4.93. The maximum Gasteiger partial charge on any atom is 0.407 e. The van der Waals surface area contributed by atoms with Gasteiger partial charge in [0.2, 0.25) is 0 Å². The molecule has 9 heteroatoms. The molecule has 4 N–H and O–H groups in total. The smallest absolute Gasteiger partial charge is 0.407 e. The number of phenolic OH excluding ortho intramolecular Hbond substituents is 2. The van der Waals surface area contributed by atoms with Crippen LogP contribution in [0.1, 0.15) is 49.0 Å². The second-order valence-corrected chi connectivity index (χ2v) is 10.8. The van der Waals surface area contributed by atoms with Crippen molar-refractivity contribution in [3.8, 4) is 11.5 Å². The molecule has 0 unspecified atom stereocenters. The molecular formula is C29H38N2O7. The zero-order valence-corrected chi connectivity index (χ0v) is 22.0. The molecule has 0 bridgehead atoms. The van der Waals surface area contributed by atoms with Crippen LogP contribution < -0.4 is 5.32 Å². The van der Waals surface area contributed by atoms with E-state index in [1.807, 2.05) is 44.2 Å². The maximum absolute atomic E-state index is 13.3. The third-order valence-corrected chi connectivity index (χ3v) is 7.18. The van der Waals surface area contributed by atoms with E-state index in [1.54, 1.807) is 0 Å². The first kappa shape index (κ1) is 27.7. The first-order valence-corrected chi connectivity index (χ1v) is 13.3. The van der Waals surface area contributed by atoms with E-state index in [-0.39, 0.29) is 41.7 Å². The van der Waals surface area contributed by atoms with Crippen molar-refractivity contribution in [1.29, 1.82) is 0 Å². The molecule has 2 fully saturated rings. The molecule has 206 valence electrons. The lowest BCUT2D eigenvalue weighted by molar-refractivity contribution is 0.0436. The molecule has 2 aromatic rings. The lowest BCUT2D eigenvalue weighted by Crippen LogP contribution is -2.51. The topological polar surface area (TPSA) is 129 Å². The summed E-state index contributed by atoms with van der Waals surface area (Å²) in [5, 5.41) is 33.9. The Morgan fingerprint density at radius 1 is 1.08 bits per heavy atom. The molecule has 0 spiro atoms. The molecule has 2 aliphatic rings. The monoisotopic (exact) mass is 526 g/mol. The number of aromatic hydroxyl groups is 2. The van der Waals surface area contributed by atoms with Gasteiger partial charge in [-0.1, -0.05) is 44.2 Å². The van der Waals surface area contributed by atoms with E-state index in [0.717, 1.165) is 31.1 Å². The Balaban J connectivity index is 1.47. The van der Waals surface area contributed by atoms with Gasteiger partial charge in [0.25, 0.3) is 5.91 Å². The van der Waals surface area contributed by atoms with Gasteiger partial charge in [0.1, 0.15) is 17.6 Å². The standard InChI is InChI=1S/C29H38N2O7/c1-18(2)16-31(28(35)21-11-22(32)14-23(33)12-21)17-26(34)25(10-19-6-4-3-5-7-19)30-29(36)38-24-13-20-8-9-37-27(20)15-24/h3-7,11-12,14,18,20,24-27,32-34H,8-10,13,15-17H2,1-2H3,(H,30,36)/t20-,24+,25-,26+,27+/m0/s1. The van der Waals surface area contributed by atoms with E-state index >= 15 is 0 Å². The summed E-state index contributed by atoms with van der Waals surface area (Å²) in [4.78, 5) is 27.7. The van der Waals surface area contributed by atoms with Gasteiger partial charge in [0.05, 0.1) is 18.2 Å². The highest BCUT2D eigenvalue weighted by atomic mass is 16.6. The van der Waals surface area contributed by atoms with Crippen LogP contribution >= 0.6 is 0 Å². The number of amides is 2. The number of hydrogen-bond acceptors (Lipinski definition) is 7. The SMILES string of the molecule is CC(C)CN(C[C@@H](O)[C@H](Cc1ccccc1)NC(=O)O[C@@H]1C[C@@H]2CCO[C@@H]2C1)C(=O)c1cc(O)cc(O)c1. The first-order chi connectivity index (χ1) is 18.2. The lowest BCUT2D eigenvalue weighted by Gasteiger charge is -2.31. The average Bonchev–Trinajstić information content (AvgIpc) is 3.44. The molecule has 4 rings (SSSR count). The number of nitrogens with one attached hydrogen (secondary N) is 1. The molecule has 2 aromatic carbocycles. The number of rotatable bonds is 10.